The fourth-order valence-electron chi connectivity index (χ4n) is 0.904. The molecule has 0 aliphatic heterocycles. The van der Waals surface area contributed by atoms with Crippen molar-refractivity contribution in [3.8, 4) is 0 Å². The van der Waals surface area contributed by atoms with Gasteiger partial charge in [0.25, 0.3) is 0 Å². The molecule has 0 unspecified atom stereocenters. The van der Waals surface area contributed by atoms with E-state index in [1.807, 2.05) is 12.1 Å². The first kappa shape index (κ1) is 11.2. The van der Waals surface area contributed by atoms with E-state index >= 15 is 0 Å². The molecule has 13 heavy (non-hydrogen) atoms. The van der Waals surface area contributed by atoms with E-state index in [1.165, 1.54) is 0 Å². The monoisotopic (exact) mass is 233 g/mol. The summed E-state index contributed by atoms with van der Waals surface area (Å²) in [5.41, 5.74) is 0. The molecular weight excluding hydrogens is 223 g/mol. The van der Waals surface area contributed by atoms with Crippen LogP contribution in [0.4, 0.5) is 0 Å². The molecule has 1 aromatic carbocycles. The summed E-state index contributed by atoms with van der Waals surface area (Å²) in [5, 5.41) is 1.40. The molecule has 0 saturated carbocycles. The second-order valence-electron chi connectivity index (χ2n) is 2.66. The quantitative estimate of drug-likeness (QED) is 0.537. The van der Waals surface area contributed by atoms with Crippen LogP contribution in [-0.4, -0.2) is 5.75 Å². The third-order valence-corrected chi connectivity index (χ3v) is 3.00. The van der Waals surface area contributed by atoms with Gasteiger partial charge in [0.1, 0.15) is 0 Å². The van der Waals surface area contributed by atoms with Gasteiger partial charge in [-0.1, -0.05) is 36.5 Å². The Morgan fingerprint density at radius 2 is 1.77 bits per heavy atom. The molecule has 0 N–H and O–H groups in total. The zero-order chi connectivity index (χ0) is 9.68. The molecule has 0 aliphatic carbocycles. The van der Waals surface area contributed by atoms with Crippen LogP contribution < -0.4 is 0 Å². The molecule has 0 nitrogen and oxygen atoms in total. The molecular formula is C10H11Cl2S. The molecule has 0 atom stereocenters. The predicted octanol–water partition coefficient (Wildman–Crippen LogP) is 4.70. The average Bonchev–Trinajstić information content (AvgIpc) is 2.03. The summed E-state index contributed by atoms with van der Waals surface area (Å²) in [6.45, 7) is 3.79. The van der Waals surface area contributed by atoms with Crippen LogP contribution in [0.15, 0.2) is 23.1 Å². The SMILES string of the molecule is [CH2]CCCSc1cc(Cl)cc(Cl)c1. The number of halogens is 2. The lowest BCUT2D eigenvalue weighted by Gasteiger charge is -2.01. The predicted molar refractivity (Wildman–Crippen MR) is 61.8 cm³/mol. The Hall–Kier alpha value is 0.150. The van der Waals surface area contributed by atoms with Gasteiger partial charge in [-0.25, -0.2) is 0 Å². The number of benzene rings is 1. The zero-order valence-electron chi connectivity index (χ0n) is 7.22. The summed E-state index contributed by atoms with van der Waals surface area (Å²) in [5.74, 6) is 1.07. The lowest BCUT2D eigenvalue weighted by atomic mass is 10.4. The maximum atomic E-state index is 5.85. The van der Waals surface area contributed by atoms with E-state index < -0.39 is 0 Å². The van der Waals surface area contributed by atoms with Gasteiger partial charge in [-0.2, -0.15) is 0 Å². The minimum Gasteiger partial charge on any atom is -0.126 e. The van der Waals surface area contributed by atoms with Crippen LogP contribution in [0.1, 0.15) is 12.8 Å². The van der Waals surface area contributed by atoms with E-state index in [0.717, 1.165) is 23.5 Å². The van der Waals surface area contributed by atoms with Gasteiger partial charge in [-0.05, 0) is 30.4 Å². The zero-order valence-corrected chi connectivity index (χ0v) is 9.55. The summed E-state index contributed by atoms with van der Waals surface area (Å²) in [4.78, 5) is 1.13. The molecule has 0 spiro atoms. The Balaban J connectivity index is 2.56. The molecule has 1 rings (SSSR count). The highest BCUT2D eigenvalue weighted by Crippen LogP contribution is 2.26. The Morgan fingerprint density at radius 1 is 1.15 bits per heavy atom. The van der Waals surface area contributed by atoms with Crippen LogP contribution in [0.5, 0.6) is 0 Å². The van der Waals surface area contributed by atoms with Crippen LogP contribution in [-0.2, 0) is 0 Å². The lowest BCUT2D eigenvalue weighted by molar-refractivity contribution is 0.969. The second-order valence-corrected chi connectivity index (χ2v) is 4.70. The molecule has 1 aromatic rings. The van der Waals surface area contributed by atoms with Crippen molar-refractivity contribution in [3.05, 3.63) is 35.2 Å². The average molecular weight is 234 g/mol. The van der Waals surface area contributed by atoms with Gasteiger partial charge in [-0.3, -0.25) is 0 Å². The van der Waals surface area contributed by atoms with Gasteiger partial charge in [0.05, 0.1) is 0 Å². The van der Waals surface area contributed by atoms with Gasteiger partial charge < -0.3 is 0 Å². The van der Waals surface area contributed by atoms with Crippen LogP contribution in [0.25, 0.3) is 0 Å². The fraction of sp³-hybridized carbons (Fsp3) is 0.300. The van der Waals surface area contributed by atoms with E-state index in [4.69, 9.17) is 23.2 Å². The van der Waals surface area contributed by atoms with Crippen molar-refractivity contribution in [2.45, 2.75) is 17.7 Å². The second kappa shape index (κ2) is 5.79. The summed E-state index contributed by atoms with van der Waals surface area (Å²) in [6.07, 6.45) is 2.09. The third-order valence-electron chi connectivity index (χ3n) is 1.50. The van der Waals surface area contributed by atoms with Crippen molar-refractivity contribution < 1.29 is 0 Å². The summed E-state index contributed by atoms with van der Waals surface area (Å²) in [6, 6.07) is 5.61. The molecule has 0 heterocycles. The standard InChI is InChI=1S/C10H11Cl2S/c1-2-3-4-13-10-6-8(11)5-9(12)7-10/h5-7H,1-4H2. The van der Waals surface area contributed by atoms with Gasteiger partial charge in [0.2, 0.25) is 0 Å². The Morgan fingerprint density at radius 3 is 2.31 bits per heavy atom. The van der Waals surface area contributed by atoms with Gasteiger partial charge in [0, 0.05) is 14.9 Å². The Bertz CT molecular complexity index is 253. The van der Waals surface area contributed by atoms with E-state index in [2.05, 4.69) is 6.92 Å². The maximum absolute atomic E-state index is 5.85. The first-order valence-electron chi connectivity index (χ1n) is 4.10. The van der Waals surface area contributed by atoms with Crippen LogP contribution in [0.2, 0.25) is 10.0 Å². The van der Waals surface area contributed by atoms with Crippen molar-refractivity contribution in [1.29, 1.82) is 0 Å². The molecule has 0 amide bonds. The van der Waals surface area contributed by atoms with Crippen LogP contribution >= 0.6 is 35.0 Å². The molecule has 1 radical (unpaired) electrons. The Labute approximate surface area is 93.6 Å². The number of thioether (sulfide) groups is 1. The summed E-state index contributed by atoms with van der Waals surface area (Å²) >= 11 is 13.5. The van der Waals surface area contributed by atoms with E-state index in [1.54, 1.807) is 17.8 Å². The van der Waals surface area contributed by atoms with E-state index in [-0.39, 0.29) is 0 Å². The molecule has 71 valence electrons. The largest absolute Gasteiger partial charge is 0.126 e. The van der Waals surface area contributed by atoms with Crippen LogP contribution in [0.3, 0.4) is 0 Å². The molecule has 0 aromatic heterocycles. The van der Waals surface area contributed by atoms with Gasteiger partial charge in [0.15, 0.2) is 0 Å². The minimum absolute atomic E-state index is 0.699. The summed E-state index contributed by atoms with van der Waals surface area (Å²) in [7, 11) is 0. The fourth-order valence-corrected chi connectivity index (χ4v) is 2.56. The number of unbranched alkanes of at least 4 members (excludes halogenated alkanes) is 1. The first-order valence-corrected chi connectivity index (χ1v) is 5.84. The van der Waals surface area contributed by atoms with Gasteiger partial charge in [-0.15, -0.1) is 11.8 Å². The highest BCUT2D eigenvalue weighted by Gasteiger charge is 1.98. The van der Waals surface area contributed by atoms with Crippen molar-refractivity contribution in [2.75, 3.05) is 5.75 Å². The number of hydrogen-bond acceptors (Lipinski definition) is 1. The smallest absolute Gasteiger partial charge is 0.0431 e. The maximum Gasteiger partial charge on any atom is 0.0431 e. The molecule has 0 bridgehead atoms. The molecule has 0 aliphatic rings. The van der Waals surface area contributed by atoms with Crippen molar-refractivity contribution in [2.24, 2.45) is 0 Å². The van der Waals surface area contributed by atoms with E-state index in [0.29, 0.717) is 10.0 Å². The highest BCUT2D eigenvalue weighted by atomic mass is 35.5. The summed E-state index contributed by atoms with van der Waals surface area (Å²) < 4.78 is 0. The molecule has 3 heteroatoms. The van der Waals surface area contributed by atoms with Crippen LogP contribution in [0, 0.1) is 6.92 Å². The molecule has 0 saturated heterocycles. The lowest BCUT2D eigenvalue weighted by Crippen LogP contribution is -1.78. The number of hydrogen-bond donors (Lipinski definition) is 0. The first-order chi connectivity index (χ1) is 6.22. The number of rotatable bonds is 4. The topological polar surface area (TPSA) is 0 Å². The molecule has 0 fully saturated rings. The van der Waals surface area contributed by atoms with Crippen molar-refractivity contribution in [3.63, 3.8) is 0 Å². The van der Waals surface area contributed by atoms with Crippen molar-refractivity contribution >= 4 is 35.0 Å². The van der Waals surface area contributed by atoms with E-state index in [9.17, 15) is 0 Å². The third kappa shape index (κ3) is 4.26. The minimum atomic E-state index is 0.699. The highest BCUT2D eigenvalue weighted by molar-refractivity contribution is 7.99. The normalized spacial score (nSPS) is 10.4. The Kier molecular flexibility index (Phi) is 5.00. The van der Waals surface area contributed by atoms with Crippen molar-refractivity contribution in [1.82, 2.24) is 0 Å². The van der Waals surface area contributed by atoms with Gasteiger partial charge >= 0.3 is 0 Å².